The monoisotopic (exact) mass is 252 g/mol. The molecule has 1 amide bonds. The van der Waals surface area contributed by atoms with Crippen LogP contribution in [0.3, 0.4) is 0 Å². The van der Waals surface area contributed by atoms with Gasteiger partial charge in [0.25, 0.3) is 0 Å². The van der Waals surface area contributed by atoms with E-state index in [1.54, 1.807) is 22.9 Å². The Balaban J connectivity index is 1.70. The van der Waals surface area contributed by atoms with E-state index in [0.29, 0.717) is 25.3 Å². The lowest BCUT2D eigenvalue weighted by molar-refractivity contribution is -0.127. The Hall–Kier alpha value is -1.07. The van der Waals surface area contributed by atoms with Crippen LogP contribution in [-0.2, 0) is 10.5 Å². The fourth-order valence-corrected chi connectivity index (χ4v) is 2.67. The van der Waals surface area contributed by atoms with Crippen LogP contribution in [0, 0.1) is 0 Å². The molecule has 1 atom stereocenters. The van der Waals surface area contributed by atoms with Gasteiger partial charge in [-0.3, -0.25) is 9.78 Å². The van der Waals surface area contributed by atoms with Crippen LogP contribution >= 0.6 is 11.8 Å². The van der Waals surface area contributed by atoms with E-state index in [1.807, 2.05) is 18.3 Å². The van der Waals surface area contributed by atoms with E-state index >= 15 is 0 Å². The first-order valence-electron chi connectivity index (χ1n) is 5.68. The van der Waals surface area contributed by atoms with E-state index in [4.69, 9.17) is 0 Å². The van der Waals surface area contributed by atoms with Gasteiger partial charge in [-0.25, -0.2) is 0 Å². The SMILES string of the molecule is O=C(CSCc1cccnc1)N1CC[C@@H](O)C1. The first-order chi connectivity index (χ1) is 8.25. The minimum Gasteiger partial charge on any atom is -0.391 e. The number of nitrogens with zero attached hydrogens (tertiary/aromatic N) is 2. The predicted octanol–water partition coefficient (Wildman–Crippen LogP) is 0.908. The van der Waals surface area contributed by atoms with Gasteiger partial charge in [-0.05, 0) is 18.1 Å². The summed E-state index contributed by atoms with van der Waals surface area (Å²) < 4.78 is 0. The molecule has 92 valence electrons. The molecule has 2 rings (SSSR count). The van der Waals surface area contributed by atoms with Crippen LogP contribution in [0.15, 0.2) is 24.5 Å². The quantitative estimate of drug-likeness (QED) is 0.865. The van der Waals surface area contributed by atoms with Gasteiger partial charge in [0, 0.05) is 31.2 Å². The maximum Gasteiger partial charge on any atom is 0.232 e. The fraction of sp³-hybridized carbons (Fsp3) is 0.500. The maximum absolute atomic E-state index is 11.8. The molecule has 1 aliphatic heterocycles. The van der Waals surface area contributed by atoms with Gasteiger partial charge in [0.05, 0.1) is 11.9 Å². The molecule has 0 spiro atoms. The third kappa shape index (κ3) is 3.71. The zero-order valence-corrected chi connectivity index (χ0v) is 10.4. The standard InChI is InChI=1S/C12H16N2O2S/c15-11-3-5-14(7-11)12(16)9-17-8-10-2-1-4-13-6-10/h1-2,4,6,11,15H,3,5,7-9H2/t11-/m1/s1. The number of aliphatic hydroxyl groups excluding tert-OH is 1. The van der Waals surface area contributed by atoms with Crippen LogP contribution in [0.25, 0.3) is 0 Å². The van der Waals surface area contributed by atoms with Crippen LogP contribution in [0.1, 0.15) is 12.0 Å². The van der Waals surface area contributed by atoms with Crippen molar-refractivity contribution in [3.8, 4) is 0 Å². The van der Waals surface area contributed by atoms with Crippen molar-refractivity contribution in [2.45, 2.75) is 18.3 Å². The Morgan fingerprint density at radius 1 is 1.65 bits per heavy atom. The molecule has 0 unspecified atom stereocenters. The van der Waals surface area contributed by atoms with Crippen LogP contribution in [-0.4, -0.2) is 45.8 Å². The van der Waals surface area contributed by atoms with Crippen molar-refractivity contribution in [1.82, 2.24) is 9.88 Å². The summed E-state index contributed by atoms with van der Waals surface area (Å²) in [5.74, 6) is 1.40. The average molecular weight is 252 g/mol. The molecule has 1 N–H and O–H groups in total. The number of aliphatic hydroxyl groups is 1. The first kappa shape index (κ1) is 12.4. The van der Waals surface area contributed by atoms with E-state index in [2.05, 4.69) is 4.98 Å². The highest BCUT2D eigenvalue weighted by Crippen LogP contribution is 2.14. The number of pyridine rings is 1. The molecule has 1 aromatic rings. The number of hydrogen-bond donors (Lipinski definition) is 1. The molecule has 1 aromatic heterocycles. The molecule has 1 fully saturated rings. The molecule has 1 aliphatic rings. The molecular formula is C12H16N2O2S. The lowest BCUT2D eigenvalue weighted by Gasteiger charge is -2.14. The second kappa shape index (κ2) is 6.02. The third-order valence-corrected chi connectivity index (χ3v) is 3.72. The Morgan fingerprint density at radius 2 is 2.53 bits per heavy atom. The molecule has 1 saturated heterocycles. The number of carbonyl (C=O) groups is 1. The van der Waals surface area contributed by atoms with Crippen molar-refractivity contribution in [3.63, 3.8) is 0 Å². The Labute approximate surface area is 105 Å². The van der Waals surface area contributed by atoms with Crippen LogP contribution in [0.5, 0.6) is 0 Å². The van der Waals surface area contributed by atoms with Crippen molar-refractivity contribution < 1.29 is 9.90 Å². The summed E-state index contributed by atoms with van der Waals surface area (Å²) in [5, 5.41) is 9.34. The molecule has 4 nitrogen and oxygen atoms in total. The maximum atomic E-state index is 11.8. The summed E-state index contributed by atoms with van der Waals surface area (Å²) in [6, 6.07) is 3.90. The van der Waals surface area contributed by atoms with Crippen molar-refractivity contribution in [2.24, 2.45) is 0 Å². The number of aromatic nitrogens is 1. The highest BCUT2D eigenvalue weighted by molar-refractivity contribution is 7.99. The number of rotatable bonds is 4. The highest BCUT2D eigenvalue weighted by Gasteiger charge is 2.23. The van der Waals surface area contributed by atoms with Crippen molar-refractivity contribution >= 4 is 17.7 Å². The van der Waals surface area contributed by atoms with Crippen molar-refractivity contribution in [3.05, 3.63) is 30.1 Å². The molecule has 5 heteroatoms. The Morgan fingerprint density at radius 3 is 3.18 bits per heavy atom. The van der Waals surface area contributed by atoms with Gasteiger partial charge in [0.2, 0.25) is 5.91 Å². The number of thioether (sulfide) groups is 1. The smallest absolute Gasteiger partial charge is 0.232 e. The zero-order chi connectivity index (χ0) is 12.1. The molecule has 0 aliphatic carbocycles. The van der Waals surface area contributed by atoms with E-state index in [1.165, 1.54) is 0 Å². The highest BCUT2D eigenvalue weighted by atomic mass is 32.2. The molecule has 0 bridgehead atoms. The summed E-state index contributed by atoms with van der Waals surface area (Å²) >= 11 is 1.59. The molecule has 17 heavy (non-hydrogen) atoms. The molecular weight excluding hydrogens is 236 g/mol. The normalized spacial score (nSPS) is 19.6. The molecule has 0 aromatic carbocycles. The van der Waals surface area contributed by atoms with Gasteiger partial charge < -0.3 is 10.0 Å². The summed E-state index contributed by atoms with van der Waals surface area (Å²) in [7, 11) is 0. The van der Waals surface area contributed by atoms with Crippen LogP contribution in [0.4, 0.5) is 0 Å². The number of β-amino-alcohol motifs (C(OH)–C–C–N with tert-alkyl or cyclic N) is 1. The van der Waals surface area contributed by atoms with Gasteiger partial charge in [-0.15, -0.1) is 11.8 Å². The Kier molecular flexibility index (Phi) is 4.39. The minimum absolute atomic E-state index is 0.121. The molecule has 0 radical (unpaired) electrons. The number of carbonyl (C=O) groups excluding carboxylic acids is 1. The summed E-state index contributed by atoms with van der Waals surface area (Å²) in [6.07, 6.45) is 3.93. The predicted molar refractivity (Wildman–Crippen MR) is 67.6 cm³/mol. The topological polar surface area (TPSA) is 53.4 Å². The number of likely N-dealkylation sites (tertiary alicyclic amines) is 1. The number of amides is 1. The Bertz CT molecular complexity index is 372. The fourth-order valence-electron chi connectivity index (χ4n) is 1.80. The lowest BCUT2D eigenvalue weighted by atomic mass is 10.3. The zero-order valence-electron chi connectivity index (χ0n) is 9.58. The van der Waals surface area contributed by atoms with Crippen molar-refractivity contribution in [2.75, 3.05) is 18.8 Å². The first-order valence-corrected chi connectivity index (χ1v) is 6.83. The minimum atomic E-state index is -0.331. The second-order valence-corrected chi connectivity index (χ2v) is 5.12. The van der Waals surface area contributed by atoms with Crippen molar-refractivity contribution in [1.29, 1.82) is 0 Å². The lowest BCUT2D eigenvalue weighted by Crippen LogP contribution is -2.30. The van der Waals surface area contributed by atoms with Gasteiger partial charge in [0.1, 0.15) is 0 Å². The van der Waals surface area contributed by atoms with Gasteiger partial charge >= 0.3 is 0 Å². The van der Waals surface area contributed by atoms with E-state index in [0.717, 1.165) is 11.3 Å². The summed E-state index contributed by atoms with van der Waals surface area (Å²) in [5.41, 5.74) is 1.13. The van der Waals surface area contributed by atoms with Gasteiger partial charge in [-0.1, -0.05) is 6.07 Å². The van der Waals surface area contributed by atoms with Crippen LogP contribution in [0.2, 0.25) is 0 Å². The number of hydrogen-bond acceptors (Lipinski definition) is 4. The molecule has 0 saturated carbocycles. The average Bonchev–Trinajstić information content (AvgIpc) is 2.77. The van der Waals surface area contributed by atoms with Gasteiger partial charge in [-0.2, -0.15) is 0 Å². The van der Waals surface area contributed by atoms with E-state index < -0.39 is 0 Å². The van der Waals surface area contributed by atoms with E-state index in [-0.39, 0.29) is 12.0 Å². The van der Waals surface area contributed by atoms with Gasteiger partial charge in [0.15, 0.2) is 0 Å². The second-order valence-electron chi connectivity index (χ2n) is 4.14. The largest absolute Gasteiger partial charge is 0.391 e. The summed E-state index contributed by atoms with van der Waals surface area (Å²) in [4.78, 5) is 17.5. The summed E-state index contributed by atoms with van der Waals surface area (Å²) in [6.45, 7) is 1.18. The molecule has 2 heterocycles. The van der Waals surface area contributed by atoms with E-state index in [9.17, 15) is 9.90 Å². The van der Waals surface area contributed by atoms with Crippen LogP contribution < -0.4 is 0 Å². The third-order valence-electron chi connectivity index (χ3n) is 2.73.